The molecule has 0 saturated carbocycles. The van der Waals surface area contributed by atoms with Gasteiger partial charge in [0.25, 0.3) is 0 Å². The summed E-state index contributed by atoms with van der Waals surface area (Å²) >= 11 is 0. The number of nitrogens with one attached hydrogen (secondary N) is 2. The third kappa shape index (κ3) is 3.81. The highest BCUT2D eigenvalue weighted by atomic mass is 15.2. The Morgan fingerprint density at radius 3 is 2.79 bits per heavy atom. The van der Waals surface area contributed by atoms with E-state index in [4.69, 9.17) is 10.2 Å². The number of hydrogen-bond acceptors (Lipinski definition) is 6. The molecule has 1 atom stereocenters. The average molecular weight is 377 g/mol. The molecule has 0 unspecified atom stereocenters. The maximum atomic E-state index is 9.16. The third-order valence-corrected chi connectivity index (χ3v) is 6.21. The van der Waals surface area contributed by atoms with Gasteiger partial charge in [0.05, 0.1) is 11.6 Å². The number of hydrogen-bond donors (Lipinski definition) is 2. The SMILES string of the molecule is C[C@@H]1CCCN1c1cc(C2(C)CCNCC2)cc(Nc2cc(C#N)ccn2)n1. The summed E-state index contributed by atoms with van der Waals surface area (Å²) in [5, 5.41) is 16.0. The Morgan fingerprint density at radius 2 is 2.07 bits per heavy atom. The summed E-state index contributed by atoms with van der Waals surface area (Å²) in [5.74, 6) is 2.50. The monoisotopic (exact) mass is 376 g/mol. The van der Waals surface area contributed by atoms with E-state index >= 15 is 0 Å². The van der Waals surface area contributed by atoms with E-state index in [0.717, 1.165) is 44.1 Å². The van der Waals surface area contributed by atoms with Crippen molar-refractivity contribution in [2.45, 2.75) is 51.0 Å². The molecule has 2 aromatic rings. The van der Waals surface area contributed by atoms with E-state index in [0.29, 0.717) is 17.4 Å². The first-order valence-electron chi connectivity index (χ1n) is 10.2. The minimum absolute atomic E-state index is 0.143. The molecule has 146 valence electrons. The second kappa shape index (κ2) is 7.76. The molecule has 4 rings (SSSR count). The lowest BCUT2D eigenvalue weighted by molar-refractivity contribution is 0.335. The molecule has 0 spiro atoms. The van der Waals surface area contributed by atoms with Gasteiger partial charge in [-0.2, -0.15) is 5.26 Å². The first-order chi connectivity index (χ1) is 13.6. The van der Waals surface area contributed by atoms with Crippen LogP contribution in [-0.2, 0) is 5.41 Å². The van der Waals surface area contributed by atoms with Crippen molar-refractivity contribution in [3.63, 3.8) is 0 Å². The Labute approximate surface area is 167 Å². The molecule has 2 aliphatic heterocycles. The molecule has 0 aliphatic carbocycles. The number of rotatable bonds is 4. The first kappa shape index (κ1) is 18.7. The van der Waals surface area contributed by atoms with E-state index in [1.807, 2.05) is 0 Å². The van der Waals surface area contributed by atoms with Crippen molar-refractivity contribution in [2.24, 2.45) is 0 Å². The van der Waals surface area contributed by atoms with Crippen LogP contribution < -0.4 is 15.5 Å². The van der Waals surface area contributed by atoms with E-state index in [-0.39, 0.29) is 5.41 Å². The van der Waals surface area contributed by atoms with Crippen LogP contribution in [0.15, 0.2) is 30.5 Å². The van der Waals surface area contributed by atoms with Crippen LogP contribution in [0.5, 0.6) is 0 Å². The van der Waals surface area contributed by atoms with Crippen LogP contribution in [-0.4, -0.2) is 35.6 Å². The average Bonchev–Trinajstić information content (AvgIpc) is 3.14. The van der Waals surface area contributed by atoms with Gasteiger partial charge < -0.3 is 15.5 Å². The lowest BCUT2D eigenvalue weighted by Crippen LogP contribution is -2.38. The van der Waals surface area contributed by atoms with E-state index < -0.39 is 0 Å². The second-order valence-electron chi connectivity index (χ2n) is 8.26. The number of pyridine rings is 2. The number of aromatic nitrogens is 2. The van der Waals surface area contributed by atoms with Crippen molar-refractivity contribution < 1.29 is 0 Å². The molecule has 6 heteroatoms. The van der Waals surface area contributed by atoms with E-state index in [1.54, 1.807) is 18.3 Å². The molecule has 0 radical (unpaired) electrons. The number of piperidine rings is 1. The quantitative estimate of drug-likeness (QED) is 0.847. The summed E-state index contributed by atoms with van der Waals surface area (Å²) in [5.41, 5.74) is 2.06. The molecule has 0 bridgehead atoms. The van der Waals surface area contributed by atoms with E-state index in [1.165, 1.54) is 18.4 Å². The summed E-state index contributed by atoms with van der Waals surface area (Å²) in [6, 6.07) is 10.6. The summed E-state index contributed by atoms with van der Waals surface area (Å²) in [6.45, 7) is 7.78. The van der Waals surface area contributed by atoms with Crippen LogP contribution in [0.4, 0.5) is 17.5 Å². The Bertz CT molecular complexity index is 881. The maximum Gasteiger partial charge on any atom is 0.134 e. The fourth-order valence-corrected chi connectivity index (χ4v) is 4.32. The van der Waals surface area contributed by atoms with Gasteiger partial charge in [0.2, 0.25) is 0 Å². The smallest absolute Gasteiger partial charge is 0.134 e. The number of nitrogens with zero attached hydrogens (tertiary/aromatic N) is 4. The van der Waals surface area contributed by atoms with Crippen molar-refractivity contribution >= 4 is 17.5 Å². The van der Waals surface area contributed by atoms with Crippen molar-refractivity contribution in [1.82, 2.24) is 15.3 Å². The van der Waals surface area contributed by atoms with Gasteiger partial charge in [-0.1, -0.05) is 6.92 Å². The standard InChI is InChI=1S/C22H28N6/c1-16-4-3-11-28(16)21-14-18(22(2)6-9-24-10-7-22)13-20(27-21)26-19-12-17(15-23)5-8-25-19/h5,8,12-14,16,24H,3-4,6-7,9-11H2,1-2H3,(H,25,26,27)/t16-/m1/s1. The van der Waals surface area contributed by atoms with Gasteiger partial charge in [0.15, 0.2) is 0 Å². The first-order valence-corrected chi connectivity index (χ1v) is 10.2. The third-order valence-electron chi connectivity index (χ3n) is 6.21. The summed E-state index contributed by atoms with van der Waals surface area (Å²) in [4.78, 5) is 11.7. The van der Waals surface area contributed by atoms with E-state index in [2.05, 4.69) is 52.6 Å². The van der Waals surface area contributed by atoms with Crippen molar-refractivity contribution in [3.8, 4) is 6.07 Å². The van der Waals surface area contributed by atoms with Gasteiger partial charge in [-0.25, -0.2) is 9.97 Å². The second-order valence-corrected chi connectivity index (χ2v) is 8.26. The van der Waals surface area contributed by atoms with Crippen LogP contribution in [0.1, 0.15) is 50.7 Å². The van der Waals surface area contributed by atoms with E-state index in [9.17, 15) is 0 Å². The largest absolute Gasteiger partial charge is 0.354 e. The number of nitriles is 1. The van der Waals surface area contributed by atoms with Gasteiger partial charge in [0.1, 0.15) is 17.5 Å². The van der Waals surface area contributed by atoms with Gasteiger partial charge >= 0.3 is 0 Å². The Morgan fingerprint density at radius 1 is 1.25 bits per heavy atom. The fourth-order valence-electron chi connectivity index (χ4n) is 4.32. The summed E-state index contributed by atoms with van der Waals surface area (Å²) < 4.78 is 0. The highest BCUT2D eigenvalue weighted by molar-refractivity contribution is 5.59. The zero-order valence-electron chi connectivity index (χ0n) is 16.7. The van der Waals surface area contributed by atoms with Gasteiger partial charge in [-0.05, 0) is 80.9 Å². The maximum absolute atomic E-state index is 9.16. The Kier molecular flexibility index (Phi) is 5.19. The molecular formula is C22H28N6. The molecule has 2 fully saturated rings. The highest BCUT2D eigenvalue weighted by Crippen LogP contribution is 2.37. The van der Waals surface area contributed by atoms with Crippen LogP contribution in [0.2, 0.25) is 0 Å². The molecule has 28 heavy (non-hydrogen) atoms. The van der Waals surface area contributed by atoms with Crippen molar-refractivity contribution in [1.29, 1.82) is 5.26 Å². The molecule has 2 aromatic heterocycles. The molecule has 2 saturated heterocycles. The van der Waals surface area contributed by atoms with Crippen LogP contribution in [0.3, 0.4) is 0 Å². The highest BCUT2D eigenvalue weighted by Gasteiger charge is 2.31. The zero-order chi connectivity index (χ0) is 19.6. The van der Waals surface area contributed by atoms with Crippen LogP contribution in [0.25, 0.3) is 0 Å². The minimum atomic E-state index is 0.143. The van der Waals surface area contributed by atoms with Gasteiger partial charge in [-0.3, -0.25) is 0 Å². The topological polar surface area (TPSA) is 76.9 Å². The molecular weight excluding hydrogens is 348 g/mol. The predicted molar refractivity (Wildman–Crippen MR) is 112 cm³/mol. The lowest BCUT2D eigenvalue weighted by atomic mass is 9.75. The predicted octanol–water partition coefficient (Wildman–Crippen LogP) is 3.72. The van der Waals surface area contributed by atoms with Crippen molar-refractivity contribution in [3.05, 3.63) is 41.6 Å². The van der Waals surface area contributed by atoms with Crippen LogP contribution >= 0.6 is 0 Å². The van der Waals surface area contributed by atoms with Gasteiger partial charge in [0, 0.05) is 18.8 Å². The fraction of sp³-hybridized carbons (Fsp3) is 0.500. The molecule has 0 amide bonds. The van der Waals surface area contributed by atoms with Crippen LogP contribution in [0, 0.1) is 11.3 Å². The normalized spacial score (nSPS) is 21.3. The molecule has 0 aromatic carbocycles. The lowest BCUT2D eigenvalue weighted by Gasteiger charge is -2.36. The van der Waals surface area contributed by atoms with Crippen molar-refractivity contribution in [2.75, 3.05) is 29.9 Å². The number of anilines is 3. The minimum Gasteiger partial charge on any atom is -0.354 e. The Balaban J connectivity index is 1.72. The zero-order valence-corrected chi connectivity index (χ0v) is 16.7. The molecule has 2 N–H and O–H groups in total. The summed E-state index contributed by atoms with van der Waals surface area (Å²) in [6.07, 6.45) is 6.31. The van der Waals surface area contributed by atoms with Gasteiger partial charge in [-0.15, -0.1) is 0 Å². The summed E-state index contributed by atoms with van der Waals surface area (Å²) in [7, 11) is 0. The molecule has 4 heterocycles. The molecule has 6 nitrogen and oxygen atoms in total. The Hall–Kier alpha value is -2.65. The molecule has 2 aliphatic rings.